The Bertz CT molecular complexity index is 396. The largest absolute Gasteiger partial charge is 0.369 e. The van der Waals surface area contributed by atoms with Gasteiger partial charge in [-0.05, 0) is 52.6 Å². The first-order valence-corrected chi connectivity index (χ1v) is 8.82. The number of thioether (sulfide) groups is 1. The van der Waals surface area contributed by atoms with E-state index in [0.29, 0.717) is 5.95 Å². The van der Waals surface area contributed by atoms with Crippen LogP contribution in [0.2, 0.25) is 0 Å². The van der Waals surface area contributed by atoms with Gasteiger partial charge in [-0.1, -0.05) is 6.92 Å². The fourth-order valence-electron chi connectivity index (χ4n) is 2.00. The summed E-state index contributed by atoms with van der Waals surface area (Å²) in [5, 5.41) is 6.67. The number of rotatable bonds is 6. The molecule has 0 aromatic carbocycles. The van der Waals surface area contributed by atoms with Gasteiger partial charge in [-0.25, -0.2) is 4.98 Å². The van der Waals surface area contributed by atoms with Crippen LogP contribution in [0.3, 0.4) is 0 Å². The third kappa shape index (κ3) is 4.84. The molecule has 1 aliphatic rings. The molecule has 2 rings (SSSR count). The molecule has 0 amide bonds. The van der Waals surface area contributed by atoms with Crippen molar-refractivity contribution in [2.75, 3.05) is 35.2 Å². The topological polar surface area (TPSA) is 49.8 Å². The smallest absolute Gasteiger partial charge is 0.224 e. The van der Waals surface area contributed by atoms with Crippen LogP contribution in [0.25, 0.3) is 0 Å². The molecular weight excluding hydrogens is 324 g/mol. The Hall–Kier alpha value is -0.490. The van der Waals surface area contributed by atoms with E-state index >= 15 is 0 Å². The predicted molar refractivity (Wildman–Crippen MR) is 87.1 cm³/mol. The zero-order chi connectivity index (χ0) is 13.5. The van der Waals surface area contributed by atoms with Crippen LogP contribution < -0.4 is 10.6 Å². The highest BCUT2D eigenvalue weighted by molar-refractivity contribution is 9.10. The quantitative estimate of drug-likeness (QED) is 0.825. The monoisotopic (exact) mass is 344 g/mol. The Morgan fingerprint density at radius 3 is 2.89 bits per heavy atom. The minimum atomic E-state index is 0.701. The lowest BCUT2D eigenvalue weighted by Crippen LogP contribution is -2.20. The Morgan fingerprint density at radius 1 is 1.37 bits per heavy atom. The van der Waals surface area contributed by atoms with Gasteiger partial charge in [-0.2, -0.15) is 16.7 Å². The maximum atomic E-state index is 4.51. The maximum Gasteiger partial charge on any atom is 0.224 e. The summed E-state index contributed by atoms with van der Waals surface area (Å²) in [5.41, 5.74) is 0. The van der Waals surface area contributed by atoms with E-state index in [2.05, 4.69) is 55.2 Å². The van der Waals surface area contributed by atoms with Crippen molar-refractivity contribution in [1.82, 2.24) is 9.97 Å². The Morgan fingerprint density at radius 2 is 2.16 bits per heavy atom. The van der Waals surface area contributed by atoms with Crippen LogP contribution in [0.5, 0.6) is 0 Å². The van der Waals surface area contributed by atoms with Crippen LogP contribution in [0.4, 0.5) is 11.8 Å². The highest BCUT2D eigenvalue weighted by atomic mass is 79.9. The summed E-state index contributed by atoms with van der Waals surface area (Å²) in [7, 11) is 0. The van der Waals surface area contributed by atoms with Crippen molar-refractivity contribution in [2.45, 2.75) is 26.2 Å². The lowest BCUT2D eigenvalue weighted by Gasteiger charge is -2.22. The number of hydrogen-bond acceptors (Lipinski definition) is 5. The summed E-state index contributed by atoms with van der Waals surface area (Å²) in [4.78, 5) is 8.77. The molecule has 0 radical (unpaired) electrons. The predicted octanol–water partition coefficient (Wildman–Crippen LogP) is 3.62. The summed E-state index contributed by atoms with van der Waals surface area (Å²) >= 11 is 5.57. The molecule has 106 valence electrons. The molecule has 0 atom stereocenters. The molecule has 0 saturated carbocycles. The highest BCUT2D eigenvalue weighted by Gasteiger charge is 2.14. The van der Waals surface area contributed by atoms with Gasteiger partial charge in [0.1, 0.15) is 5.82 Å². The van der Waals surface area contributed by atoms with Gasteiger partial charge in [-0.3, -0.25) is 0 Å². The second-order valence-electron chi connectivity index (χ2n) is 4.75. The first-order chi connectivity index (χ1) is 9.29. The van der Waals surface area contributed by atoms with Gasteiger partial charge in [0.2, 0.25) is 5.95 Å². The first-order valence-electron chi connectivity index (χ1n) is 6.87. The van der Waals surface area contributed by atoms with Gasteiger partial charge in [-0.15, -0.1) is 0 Å². The van der Waals surface area contributed by atoms with Gasteiger partial charge < -0.3 is 10.6 Å². The SMILES string of the molecule is CCCNc1ncc(Br)c(NCC2CCSCC2)n1. The lowest BCUT2D eigenvalue weighted by atomic mass is 10.0. The van der Waals surface area contributed by atoms with Crippen molar-refractivity contribution in [3.8, 4) is 0 Å². The summed E-state index contributed by atoms with van der Waals surface area (Å²) in [6.07, 6.45) is 5.49. The summed E-state index contributed by atoms with van der Waals surface area (Å²) in [6.45, 7) is 4.04. The standard InChI is InChI=1S/C13H21BrN4S/c1-2-5-15-13-17-9-11(14)12(18-13)16-8-10-3-6-19-7-4-10/h9-10H,2-8H2,1H3,(H2,15,16,17,18). The Labute approximate surface area is 127 Å². The van der Waals surface area contributed by atoms with Crippen molar-refractivity contribution in [1.29, 1.82) is 0 Å². The van der Waals surface area contributed by atoms with Crippen molar-refractivity contribution in [3.05, 3.63) is 10.7 Å². The average molecular weight is 345 g/mol. The zero-order valence-corrected chi connectivity index (χ0v) is 13.7. The highest BCUT2D eigenvalue weighted by Crippen LogP contribution is 2.25. The minimum absolute atomic E-state index is 0.701. The fourth-order valence-corrected chi connectivity index (χ4v) is 3.54. The van der Waals surface area contributed by atoms with Crippen molar-refractivity contribution in [2.24, 2.45) is 5.92 Å². The average Bonchev–Trinajstić information content (AvgIpc) is 2.46. The van der Waals surface area contributed by atoms with E-state index in [4.69, 9.17) is 0 Å². The first kappa shape index (κ1) is 14.9. The lowest BCUT2D eigenvalue weighted by molar-refractivity contribution is 0.515. The van der Waals surface area contributed by atoms with Crippen molar-refractivity contribution in [3.63, 3.8) is 0 Å². The van der Waals surface area contributed by atoms with Gasteiger partial charge in [0.05, 0.1) is 4.47 Å². The number of hydrogen-bond donors (Lipinski definition) is 2. The van der Waals surface area contributed by atoms with Crippen LogP contribution in [-0.2, 0) is 0 Å². The molecule has 0 aliphatic carbocycles. The third-order valence-electron chi connectivity index (χ3n) is 3.18. The van der Waals surface area contributed by atoms with Crippen molar-refractivity contribution >= 4 is 39.5 Å². The maximum absolute atomic E-state index is 4.51. The fraction of sp³-hybridized carbons (Fsp3) is 0.692. The molecule has 19 heavy (non-hydrogen) atoms. The van der Waals surface area contributed by atoms with Crippen LogP contribution in [0, 0.1) is 5.92 Å². The van der Waals surface area contributed by atoms with Gasteiger partial charge in [0.15, 0.2) is 0 Å². The van der Waals surface area contributed by atoms with E-state index in [0.717, 1.165) is 35.7 Å². The molecule has 2 heterocycles. The summed E-state index contributed by atoms with van der Waals surface area (Å²) in [5.74, 6) is 4.95. The Kier molecular flexibility index (Phi) is 6.23. The van der Waals surface area contributed by atoms with E-state index in [1.54, 1.807) is 0 Å². The Balaban J connectivity index is 1.90. The molecule has 1 fully saturated rings. The van der Waals surface area contributed by atoms with Crippen molar-refractivity contribution < 1.29 is 0 Å². The third-order valence-corrected chi connectivity index (χ3v) is 4.81. The molecule has 1 aromatic rings. The molecule has 1 aliphatic heterocycles. The molecule has 1 aromatic heterocycles. The minimum Gasteiger partial charge on any atom is -0.369 e. The summed E-state index contributed by atoms with van der Waals surface area (Å²) < 4.78 is 0.930. The number of anilines is 2. The second-order valence-corrected chi connectivity index (χ2v) is 6.83. The summed E-state index contributed by atoms with van der Waals surface area (Å²) in [6, 6.07) is 0. The van der Waals surface area contributed by atoms with Crippen LogP contribution >= 0.6 is 27.7 Å². The van der Waals surface area contributed by atoms with E-state index in [-0.39, 0.29) is 0 Å². The van der Waals surface area contributed by atoms with E-state index in [1.807, 2.05) is 6.20 Å². The normalized spacial score (nSPS) is 16.3. The molecule has 2 N–H and O–H groups in total. The second kappa shape index (κ2) is 7.94. The molecular formula is C13H21BrN4S. The van der Waals surface area contributed by atoms with Gasteiger partial charge in [0, 0.05) is 19.3 Å². The molecule has 0 unspecified atom stereocenters. The van der Waals surface area contributed by atoms with Gasteiger partial charge >= 0.3 is 0 Å². The molecule has 6 heteroatoms. The number of nitrogens with one attached hydrogen (secondary N) is 2. The van der Waals surface area contributed by atoms with E-state index in [1.165, 1.54) is 24.3 Å². The van der Waals surface area contributed by atoms with Crippen LogP contribution in [0.1, 0.15) is 26.2 Å². The molecule has 1 saturated heterocycles. The van der Waals surface area contributed by atoms with E-state index in [9.17, 15) is 0 Å². The molecule has 0 spiro atoms. The number of nitrogens with zero attached hydrogens (tertiary/aromatic N) is 2. The number of aromatic nitrogens is 2. The molecule has 0 bridgehead atoms. The van der Waals surface area contributed by atoms with E-state index < -0.39 is 0 Å². The number of halogens is 1. The zero-order valence-electron chi connectivity index (χ0n) is 11.3. The van der Waals surface area contributed by atoms with Gasteiger partial charge in [0.25, 0.3) is 0 Å². The van der Waals surface area contributed by atoms with Crippen LogP contribution in [-0.4, -0.2) is 34.6 Å². The molecule has 4 nitrogen and oxygen atoms in total. The van der Waals surface area contributed by atoms with Crippen LogP contribution in [0.15, 0.2) is 10.7 Å².